The number of nitrogens with one attached hydrogen (secondary N) is 1. The lowest BCUT2D eigenvalue weighted by atomic mass is 10.0. The van der Waals surface area contributed by atoms with E-state index in [1.54, 1.807) is 13.1 Å². The summed E-state index contributed by atoms with van der Waals surface area (Å²) in [7, 11) is 0. The van der Waals surface area contributed by atoms with Crippen LogP contribution in [0.2, 0.25) is 0 Å². The van der Waals surface area contributed by atoms with Gasteiger partial charge in [0.1, 0.15) is 5.60 Å². The van der Waals surface area contributed by atoms with Crippen LogP contribution in [0.5, 0.6) is 0 Å². The van der Waals surface area contributed by atoms with Gasteiger partial charge in [-0.25, -0.2) is 14.6 Å². The van der Waals surface area contributed by atoms with Gasteiger partial charge in [0.25, 0.3) is 0 Å². The first-order valence-corrected chi connectivity index (χ1v) is 8.08. The van der Waals surface area contributed by atoms with Gasteiger partial charge < -0.3 is 14.8 Å². The number of nitrogens with zero attached hydrogens (tertiary/aromatic N) is 1. The number of hydrogen-bond acceptors (Lipinski definition) is 6. The molecule has 7 heteroatoms. The van der Waals surface area contributed by atoms with Crippen molar-refractivity contribution >= 4 is 23.4 Å². The average molecular weight is 328 g/mol. The van der Waals surface area contributed by atoms with E-state index in [-0.39, 0.29) is 17.0 Å². The fourth-order valence-electron chi connectivity index (χ4n) is 1.72. The van der Waals surface area contributed by atoms with E-state index in [9.17, 15) is 9.59 Å². The molecule has 0 bridgehead atoms. The van der Waals surface area contributed by atoms with Crippen LogP contribution in [0.1, 0.15) is 62.3 Å². The highest BCUT2D eigenvalue weighted by molar-refractivity contribution is 7.13. The molecule has 0 aliphatic carbocycles. The quantitative estimate of drug-likeness (QED) is 0.837. The van der Waals surface area contributed by atoms with Crippen LogP contribution in [-0.2, 0) is 9.47 Å². The van der Waals surface area contributed by atoms with Crippen LogP contribution in [0, 0.1) is 5.92 Å². The molecule has 1 unspecified atom stereocenters. The Morgan fingerprint density at radius 1 is 1.36 bits per heavy atom. The highest BCUT2D eigenvalue weighted by atomic mass is 32.1. The van der Waals surface area contributed by atoms with Crippen molar-refractivity contribution in [3.8, 4) is 0 Å². The molecule has 22 heavy (non-hydrogen) atoms. The van der Waals surface area contributed by atoms with Crippen molar-refractivity contribution in [2.24, 2.45) is 5.92 Å². The summed E-state index contributed by atoms with van der Waals surface area (Å²) in [4.78, 5) is 28.5. The molecule has 1 N–H and O–H groups in total. The van der Waals surface area contributed by atoms with Crippen LogP contribution < -0.4 is 5.32 Å². The lowest BCUT2D eigenvalue weighted by Gasteiger charge is -2.24. The molecule has 6 nitrogen and oxygen atoms in total. The van der Waals surface area contributed by atoms with Crippen molar-refractivity contribution in [3.63, 3.8) is 0 Å². The summed E-state index contributed by atoms with van der Waals surface area (Å²) >= 11 is 1.22. The molecule has 0 aliphatic rings. The van der Waals surface area contributed by atoms with Crippen molar-refractivity contribution in [1.29, 1.82) is 0 Å². The van der Waals surface area contributed by atoms with Crippen molar-refractivity contribution in [1.82, 2.24) is 10.3 Å². The molecular weight excluding hydrogens is 304 g/mol. The summed E-state index contributed by atoms with van der Waals surface area (Å²) in [5.41, 5.74) is -0.560. The molecular formula is C15H24N2O4S. The molecule has 0 spiro atoms. The molecule has 1 amide bonds. The smallest absolute Gasteiger partial charge is 0.408 e. The third-order valence-electron chi connectivity index (χ3n) is 2.62. The van der Waals surface area contributed by atoms with Gasteiger partial charge in [-0.2, -0.15) is 0 Å². The largest absolute Gasteiger partial charge is 0.461 e. The molecule has 0 saturated heterocycles. The lowest BCUT2D eigenvalue weighted by molar-refractivity contribution is 0.0488. The van der Waals surface area contributed by atoms with E-state index in [0.717, 1.165) is 4.88 Å². The van der Waals surface area contributed by atoms with Crippen LogP contribution in [0.3, 0.4) is 0 Å². The van der Waals surface area contributed by atoms with Crippen molar-refractivity contribution < 1.29 is 19.1 Å². The molecule has 1 aromatic rings. The van der Waals surface area contributed by atoms with Gasteiger partial charge in [-0.05, 0) is 33.6 Å². The first-order valence-electron chi connectivity index (χ1n) is 7.26. The number of hydrogen-bond donors (Lipinski definition) is 1. The van der Waals surface area contributed by atoms with Crippen molar-refractivity contribution in [2.45, 2.75) is 53.2 Å². The number of amides is 1. The van der Waals surface area contributed by atoms with Crippen LogP contribution >= 0.6 is 11.3 Å². The number of aromatic nitrogens is 1. The summed E-state index contributed by atoms with van der Waals surface area (Å²) in [6.45, 7) is 11.4. The minimum atomic E-state index is -0.560. The molecule has 0 aromatic carbocycles. The molecule has 1 rings (SSSR count). The first-order chi connectivity index (χ1) is 10.1. The van der Waals surface area contributed by atoms with Gasteiger partial charge >= 0.3 is 12.1 Å². The number of carbonyl (C=O) groups excluding carboxylic acids is 2. The maximum absolute atomic E-state index is 11.9. The third-order valence-corrected chi connectivity index (χ3v) is 3.68. The molecule has 0 fully saturated rings. The van der Waals surface area contributed by atoms with E-state index in [0.29, 0.717) is 6.61 Å². The zero-order valence-corrected chi connectivity index (χ0v) is 14.7. The third kappa shape index (κ3) is 5.63. The second-order valence-electron chi connectivity index (χ2n) is 6.16. The fraction of sp³-hybridized carbons (Fsp3) is 0.667. The summed E-state index contributed by atoms with van der Waals surface area (Å²) in [6, 6.07) is -0.268. The van der Waals surface area contributed by atoms with Gasteiger partial charge in [-0.3, -0.25) is 0 Å². The second kappa shape index (κ2) is 7.58. The van der Waals surface area contributed by atoms with Gasteiger partial charge in [-0.15, -0.1) is 11.3 Å². The van der Waals surface area contributed by atoms with Crippen LogP contribution in [-0.4, -0.2) is 29.3 Å². The number of rotatable bonds is 5. The summed E-state index contributed by atoms with van der Waals surface area (Å²) < 4.78 is 10.2. The Morgan fingerprint density at radius 3 is 2.50 bits per heavy atom. The van der Waals surface area contributed by atoms with E-state index >= 15 is 0 Å². The first kappa shape index (κ1) is 18.4. The molecule has 124 valence electrons. The van der Waals surface area contributed by atoms with E-state index in [2.05, 4.69) is 10.3 Å². The maximum atomic E-state index is 11.9. The predicted molar refractivity (Wildman–Crippen MR) is 85.0 cm³/mol. The van der Waals surface area contributed by atoms with Crippen molar-refractivity contribution in [2.75, 3.05) is 6.61 Å². The number of carbonyl (C=O) groups is 2. The van der Waals surface area contributed by atoms with Crippen LogP contribution in [0.25, 0.3) is 0 Å². The molecule has 0 saturated carbocycles. The van der Waals surface area contributed by atoms with Gasteiger partial charge in [0.15, 0.2) is 0 Å². The normalized spacial score (nSPS) is 12.9. The fourth-order valence-corrected chi connectivity index (χ4v) is 2.75. The van der Waals surface area contributed by atoms with Crippen LogP contribution in [0.15, 0.2) is 6.20 Å². The monoisotopic (exact) mass is 328 g/mol. The number of thiazole rings is 1. The predicted octanol–water partition coefficient (Wildman–Crippen LogP) is 3.54. The zero-order valence-electron chi connectivity index (χ0n) is 13.9. The second-order valence-corrected chi connectivity index (χ2v) is 7.22. The molecule has 0 radical (unpaired) electrons. The number of esters is 1. The molecule has 1 heterocycles. The standard InChI is InChI=1S/C15H24N2O4S/c1-7-20-13(18)12-16-8-10(22-12)11(9(2)3)17-14(19)21-15(4,5)6/h8-9,11H,7H2,1-6H3,(H,17,19). The van der Waals surface area contributed by atoms with Gasteiger partial charge in [0, 0.05) is 11.1 Å². The SMILES string of the molecule is CCOC(=O)c1ncc(C(NC(=O)OC(C)(C)C)C(C)C)s1. The Bertz CT molecular complexity index is 520. The van der Waals surface area contributed by atoms with E-state index < -0.39 is 17.7 Å². The van der Waals surface area contributed by atoms with Crippen LogP contribution in [0.4, 0.5) is 4.79 Å². The van der Waals surface area contributed by atoms with Crippen molar-refractivity contribution in [3.05, 3.63) is 16.1 Å². The minimum absolute atomic E-state index is 0.128. The topological polar surface area (TPSA) is 77.5 Å². The molecule has 1 aromatic heterocycles. The lowest BCUT2D eigenvalue weighted by Crippen LogP contribution is -2.36. The van der Waals surface area contributed by atoms with E-state index in [1.165, 1.54) is 11.3 Å². The van der Waals surface area contributed by atoms with Gasteiger partial charge in [-0.1, -0.05) is 13.8 Å². The Hall–Kier alpha value is -1.63. The molecule has 1 atom stereocenters. The summed E-state index contributed by atoms with van der Waals surface area (Å²) in [5.74, 6) is -0.318. The Labute approximate surface area is 135 Å². The average Bonchev–Trinajstić information content (AvgIpc) is 2.83. The number of ether oxygens (including phenoxy) is 2. The summed E-state index contributed by atoms with van der Waals surface area (Å²) in [6.07, 6.45) is 1.11. The highest BCUT2D eigenvalue weighted by Gasteiger charge is 2.25. The van der Waals surface area contributed by atoms with Gasteiger partial charge in [0.2, 0.25) is 5.01 Å². The zero-order chi connectivity index (χ0) is 16.9. The minimum Gasteiger partial charge on any atom is -0.461 e. The Morgan fingerprint density at radius 2 is 2.00 bits per heavy atom. The Balaban J connectivity index is 2.84. The van der Waals surface area contributed by atoms with E-state index in [4.69, 9.17) is 9.47 Å². The molecule has 0 aliphatic heterocycles. The number of alkyl carbamates (subject to hydrolysis) is 1. The Kier molecular flexibility index (Phi) is 6.34. The van der Waals surface area contributed by atoms with E-state index in [1.807, 2.05) is 34.6 Å². The van der Waals surface area contributed by atoms with Gasteiger partial charge in [0.05, 0.1) is 12.6 Å². The summed E-state index contributed by atoms with van der Waals surface area (Å²) in [5, 5.41) is 3.12. The maximum Gasteiger partial charge on any atom is 0.408 e. The highest BCUT2D eigenvalue weighted by Crippen LogP contribution is 2.27.